The summed E-state index contributed by atoms with van der Waals surface area (Å²) < 4.78 is 21.3. The summed E-state index contributed by atoms with van der Waals surface area (Å²) in [5.74, 6) is 0.617. The van der Waals surface area contributed by atoms with Gasteiger partial charge in [-0.05, 0) is 67.5 Å². The Bertz CT molecular complexity index is 870. The number of carbonyl (C=O) groups excluding carboxylic acids is 2. The van der Waals surface area contributed by atoms with E-state index in [0.29, 0.717) is 11.5 Å². The van der Waals surface area contributed by atoms with E-state index in [1.54, 1.807) is 0 Å². The number of likely N-dealkylation sites (tertiary alicyclic amines) is 1. The highest BCUT2D eigenvalue weighted by Gasteiger charge is 2.28. The molecular weight excluding hydrogens is 494 g/mol. The number of piperidine rings is 1. The quantitative estimate of drug-likeness (QED) is 0.270. The van der Waals surface area contributed by atoms with Gasteiger partial charge in [-0.1, -0.05) is 24.3 Å². The molecule has 8 heteroatoms. The number of ether oxygens (including phenoxy) is 4. The number of esters is 2. The van der Waals surface area contributed by atoms with Crippen LogP contribution in [0.4, 0.5) is 0 Å². The van der Waals surface area contributed by atoms with Gasteiger partial charge in [0.05, 0.1) is 40.4 Å². The maximum atomic E-state index is 11.2. The molecule has 204 valence electrons. The lowest BCUT2D eigenvalue weighted by atomic mass is 10.0. The van der Waals surface area contributed by atoms with Crippen LogP contribution < -0.4 is 21.9 Å². The van der Waals surface area contributed by atoms with Crippen LogP contribution in [0.2, 0.25) is 0 Å². The predicted molar refractivity (Wildman–Crippen MR) is 138 cm³/mol. The molecule has 3 rings (SSSR count). The highest BCUT2D eigenvalue weighted by atomic mass is 35.5. The van der Waals surface area contributed by atoms with Crippen LogP contribution in [-0.2, 0) is 31.9 Å². The first-order valence-electron chi connectivity index (χ1n) is 12.9. The second-order valence-corrected chi connectivity index (χ2v) is 9.52. The van der Waals surface area contributed by atoms with Crippen molar-refractivity contribution in [1.29, 1.82) is 0 Å². The molecule has 0 N–H and O–H groups in total. The normalized spacial score (nSPS) is 14.2. The molecule has 0 saturated carbocycles. The average molecular weight is 534 g/mol. The molecule has 2 aromatic rings. The van der Waals surface area contributed by atoms with Crippen LogP contribution in [0.3, 0.4) is 0 Å². The summed E-state index contributed by atoms with van der Waals surface area (Å²) in [7, 11) is 2.71. The van der Waals surface area contributed by atoms with Crippen molar-refractivity contribution in [3.63, 3.8) is 0 Å². The largest absolute Gasteiger partial charge is 1.00 e. The summed E-state index contributed by atoms with van der Waals surface area (Å²) in [5, 5.41) is 0. The highest BCUT2D eigenvalue weighted by molar-refractivity contribution is 5.71. The molecule has 0 bridgehead atoms. The van der Waals surface area contributed by atoms with E-state index in [9.17, 15) is 9.59 Å². The lowest BCUT2D eigenvalue weighted by Gasteiger charge is -2.42. The Hall–Kier alpha value is -2.77. The lowest BCUT2D eigenvalue weighted by molar-refractivity contribution is -0.932. The van der Waals surface area contributed by atoms with Gasteiger partial charge in [0, 0.05) is 12.8 Å². The minimum absolute atomic E-state index is 0. The number of quaternary nitrogens is 1. The Morgan fingerprint density at radius 3 is 1.46 bits per heavy atom. The van der Waals surface area contributed by atoms with E-state index in [1.807, 2.05) is 24.3 Å². The van der Waals surface area contributed by atoms with E-state index in [4.69, 9.17) is 9.47 Å². The molecule has 0 aromatic heterocycles. The van der Waals surface area contributed by atoms with E-state index in [-0.39, 0.29) is 37.6 Å². The summed E-state index contributed by atoms with van der Waals surface area (Å²) in [5.41, 5.74) is 2.59. The number of halogens is 1. The number of methoxy groups -OCH3 is 2. The smallest absolute Gasteiger partial charge is 0.343 e. The zero-order valence-electron chi connectivity index (χ0n) is 22.1. The van der Waals surface area contributed by atoms with Crippen LogP contribution in [0.5, 0.6) is 11.5 Å². The SMILES string of the molecule is COC(=O)COc1ccc(CCC[N+]2(CCCc3ccc(OCC(=O)OC)cc3)CCCCC2)cc1.[Cl-]. The van der Waals surface area contributed by atoms with E-state index in [0.717, 1.165) is 25.7 Å². The zero-order valence-corrected chi connectivity index (χ0v) is 22.8. The lowest BCUT2D eigenvalue weighted by Crippen LogP contribution is -3.00. The van der Waals surface area contributed by atoms with Gasteiger partial charge in [-0.25, -0.2) is 9.59 Å². The van der Waals surface area contributed by atoms with Crippen LogP contribution in [0.1, 0.15) is 43.2 Å². The van der Waals surface area contributed by atoms with Crippen molar-refractivity contribution in [2.75, 3.05) is 53.6 Å². The molecule has 37 heavy (non-hydrogen) atoms. The van der Waals surface area contributed by atoms with Gasteiger partial charge in [-0.2, -0.15) is 0 Å². The summed E-state index contributed by atoms with van der Waals surface area (Å²) in [4.78, 5) is 22.5. The van der Waals surface area contributed by atoms with Crippen LogP contribution in [0.25, 0.3) is 0 Å². The molecule has 0 amide bonds. The molecule has 0 spiro atoms. The van der Waals surface area contributed by atoms with Crippen LogP contribution in [-0.4, -0.2) is 70.0 Å². The first kappa shape index (κ1) is 30.5. The molecule has 1 aliphatic rings. The average Bonchev–Trinajstić information content (AvgIpc) is 2.92. The molecule has 0 atom stereocenters. The summed E-state index contributed by atoms with van der Waals surface area (Å²) in [6, 6.07) is 16.1. The highest BCUT2D eigenvalue weighted by Crippen LogP contribution is 2.23. The van der Waals surface area contributed by atoms with Gasteiger partial charge in [0.25, 0.3) is 0 Å². The van der Waals surface area contributed by atoms with Gasteiger partial charge in [-0.3, -0.25) is 0 Å². The number of carbonyl (C=O) groups is 2. The Balaban J connectivity index is 0.00000481. The van der Waals surface area contributed by atoms with Gasteiger partial charge in [0.1, 0.15) is 11.5 Å². The van der Waals surface area contributed by atoms with Gasteiger partial charge in [0.15, 0.2) is 13.2 Å². The molecule has 1 heterocycles. The third-order valence-electron chi connectivity index (χ3n) is 6.98. The van der Waals surface area contributed by atoms with Crippen molar-refractivity contribution in [3.8, 4) is 11.5 Å². The van der Waals surface area contributed by atoms with Gasteiger partial charge >= 0.3 is 11.9 Å². The number of benzene rings is 2. The minimum Gasteiger partial charge on any atom is -1.00 e. The minimum atomic E-state index is -0.378. The van der Waals surface area contributed by atoms with Crippen LogP contribution in [0, 0.1) is 0 Å². The molecule has 0 radical (unpaired) electrons. The van der Waals surface area contributed by atoms with Gasteiger partial charge in [-0.15, -0.1) is 0 Å². The van der Waals surface area contributed by atoms with Gasteiger partial charge in [0.2, 0.25) is 0 Å². The standard InChI is InChI=1S/C29H40NO6.ClH/c1-33-28(31)22-35-26-14-10-24(11-15-26)8-6-20-30(18-4-3-5-19-30)21-7-9-25-12-16-27(17-13-25)36-23-29(32)34-2;/h10-17H,3-9,18-23H2,1-2H3;1H/q+1;/p-1. The molecule has 1 aliphatic heterocycles. The molecule has 1 saturated heterocycles. The van der Waals surface area contributed by atoms with E-state index in [1.165, 1.54) is 75.3 Å². The Morgan fingerprint density at radius 2 is 1.08 bits per heavy atom. The Kier molecular flexibility index (Phi) is 13.3. The first-order chi connectivity index (χ1) is 17.5. The second kappa shape index (κ2) is 16.2. The van der Waals surface area contributed by atoms with Gasteiger partial charge < -0.3 is 35.8 Å². The zero-order chi connectivity index (χ0) is 25.6. The number of nitrogens with zero attached hydrogens (tertiary/aromatic N) is 1. The maximum absolute atomic E-state index is 11.2. The summed E-state index contributed by atoms with van der Waals surface area (Å²) >= 11 is 0. The molecule has 1 fully saturated rings. The molecule has 2 aromatic carbocycles. The number of aryl methyl sites for hydroxylation is 2. The summed E-state index contributed by atoms with van der Waals surface area (Å²) in [6.45, 7) is 4.84. The third-order valence-corrected chi connectivity index (χ3v) is 6.98. The second-order valence-electron chi connectivity index (χ2n) is 9.52. The Morgan fingerprint density at radius 1 is 0.676 bits per heavy atom. The predicted octanol–water partition coefficient (Wildman–Crippen LogP) is 1.36. The van der Waals surface area contributed by atoms with Crippen molar-refractivity contribution in [3.05, 3.63) is 59.7 Å². The van der Waals surface area contributed by atoms with Crippen molar-refractivity contribution >= 4 is 11.9 Å². The number of rotatable bonds is 14. The van der Waals surface area contributed by atoms with Crippen molar-refractivity contribution in [2.24, 2.45) is 0 Å². The maximum Gasteiger partial charge on any atom is 0.343 e. The first-order valence-corrected chi connectivity index (χ1v) is 12.9. The molecule has 0 unspecified atom stereocenters. The van der Waals surface area contributed by atoms with Crippen molar-refractivity contribution < 1.29 is 45.4 Å². The number of hydrogen-bond acceptors (Lipinski definition) is 6. The Labute approximate surface area is 227 Å². The van der Waals surface area contributed by atoms with Crippen LogP contribution >= 0.6 is 0 Å². The third kappa shape index (κ3) is 10.6. The monoisotopic (exact) mass is 533 g/mol. The topological polar surface area (TPSA) is 71.1 Å². The number of hydrogen-bond donors (Lipinski definition) is 0. The molecule has 7 nitrogen and oxygen atoms in total. The molecular formula is C29H40ClNO6. The fraction of sp³-hybridized carbons (Fsp3) is 0.517. The summed E-state index contributed by atoms with van der Waals surface area (Å²) in [6.07, 6.45) is 8.40. The van der Waals surface area contributed by atoms with E-state index >= 15 is 0 Å². The van der Waals surface area contributed by atoms with E-state index in [2.05, 4.69) is 33.7 Å². The fourth-order valence-electron chi connectivity index (χ4n) is 4.89. The fourth-order valence-corrected chi connectivity index (χ4v) is 4.89. The van der Waals surface area contributed by atoms with Crippen molar-refractivity contribution in [1.82, 2.24) is 0 Å². The molecule has 0 aliphatic carbocycles. The van der Waals surface area contributed by atoms with E-state index < -0.39 is 0 Å². The van der Waals surface area contributed by atoms with Crippen LogP contribution in [0.15, 0.2) is 48.5 Å². The van der Waals surface area contributed by atoms with Crippen molar-refractivity contribution in [2.45, 2.75) is 44.9 Å².